The molecule has 0 fully saturated rings. The minimum Gasteiger partial charge on any atom is -0.491 e. The summed E-state index contributed by atoms with van der Waals surface area (Å²) >= 11 is 0. The highest BCUT2D eigenvalue weighted by atomic mass is 19.4. The van der Waals surface area contributed by atoms with Crippen molar-refractivity contribution in [3.63, 3.8) is 0 Å². The lowest BCUT2D eigenvalue weighted by atomic mass is 10.0. The summed E-state index contributed by atoms with van der Waals surface area (Å²) in [4.78, 5) is 18.6. The van der Waals surface area contributed by atoms with Crippen LogP contribution in [0.5, 0.6) is 5.75 Å². The van der Waals surface area contributed by atoms with Crippen LogP contribution in [0.3, 0.4) is 0 Å². The Morgan fingerprint density at radius 3 is 2.55 bits per heavy atom. The predicted octanol–water partition coefficient (Wildman–Crippen LogP) is 4.22. The standard InChI is InChI=1S/C23H19F3N2O3/c24-23(25,26)18-7-4-15(5-8-18)22(30)28-11-12-31-20-9-6-16(13-17(20)14-28)21(29)19-3-1-2-10-27-19/h1-10,13,21,29H,11-12,14H2. The quantitative estimate of drug-likeness (QED) is 0.679. The van der Waals surface area contributed by atoms with Gasteiger partial charge in [0.2, 0.25) is 0 Å². The number of aliphatic hydroxyl groups excluding tert-OH is 1. The predicted molar refractivity (Wildman–Crippen MR) is 106 cm³/mol. The Morgan fingerprint density at radius 2 is 1.87 bits per heavy atom. The molecular formula is C23H19F3N2O3. The number of nitrogens with zero attached hydrogens (tertiary/aromatic N) is 2. The van der Waals surface area contributed by atoms with Crippen LogP contribution in [0.4, 0.5) is 13.2 Å². The normalized spacial score (nSPS) is 14.9. The van der Waals surface area contributed by atoms with Gasteiger partial charge in [0.15, 0.2) is 0 Å². The van der Waals surface area contributed by atoms with E-state index in [9.17, 15) is 23.1 Å². The highest BCUT2D eigenvalue weighted by molar-refractivity contribution is 5.94. The van der Waals surface area contributed by atoms with E-state index >= 15 is 0 Å². The maximum Gasteiger partial charge on any atom is 0.416 e. The molecule has 1 atom stereocenters. The second kappa shape index (κ2) is 8.39. The van der Waals surface area contributed by atoms with E-state index in [0.29, 0.717) is 22.6 Å². The van der Waals surface area contributed by atoms with Gasteiger partial charge in [-0.05, 0) is 54.1 Å². The van der Waals surface area contributed by atoms with Crippen LogP contribution in [-0.2, 0) is 12.7 Å². The molecule has 0 radical (unpaired) electrons. The van der Waals surface area contributed by atoms with Gasteiger partial charge in [-0.2, -0.15) is 13.2 Å². The number of aliphatic hydroxyl groups is 1. The van der Waals surface area contributed by atoms with Crippen LogP contribution in [0.2, 0.25) is 0 Å². The molecule has 31 heavy (non-hydrogen) atoms. The lowest BCUT2D eigenvalue weighted by molar-refractivity contribution is -0.137. The summed E-state index contributed by atoms with van der Waals surface area (Å²) < 4.78 is 44.1. The monoisotopic (exact) mass is 428 g/mol. The average Bonchev–Trinajstić information content (AvgIpc) is 3.00. The number of hydrogen-bond donors (Lipinski definition) is 1. The molecule has 160 valence electrons. The van der Waals surface area contributed by atoms with Crippen LogP contribution in [-0.4, -0.2) is 34.0 Å². The van der Waals surface area contributed by atoms with Crippen LogP contribution in [0, 0.1) is 0 Å². The fraction of sp³-hybridized carbons (Fsp3) is 0.217. The Morgan fingerprint density at radius 1 is 1.10 bits per heavy atom. The van der Waals surface area contributed by atoms with Gasteiger partial charge in [-0.1, -0.05) is 12.1 Å². The molecule has 1 aliphatic rings. The van der Waals surface area contributed by atoms with Crippen LogP contribution in [0.25, 0.3) is 0 Å². The van der Waals surface area contributed by atoms with Gasteiger partial charge in [0.25, 0.3) is 5.91 Å². The highest BCUT2D eigenvalue weighted by Gasteiger charge is 2.30. The van der Waals surface area contributed by atoms with Gasteiger partial charge in [0, 0.05) is 23.9 Å². The maximum atomic E-state index is 12.9. The van der Waals surface area contributed by atoms with Crippen LogP contribution in [0.1, 0.15) is 38.8 Å². The lowest BCUT2D eigenvalue weighted by Gasteiger charge is -2.21. The Balaban J connectivity index is 1.56. The van der Waals surface area contributed by atoms with E-state index in [-0.39, 0.29) is 31.2 Å². The smallest absolute Gasteiger partial charge is 0.416 e. The number of aromatic nitrogens is 1. The molecule has 0 bridgehead atoms. The van der Waals surface area contributed by atoms with E-state index < -0.39 is 17.8 Å². The van der Waals surface area contributed by atoms with E-state index in [1.807, 2.05) is 0 Å². The van der Waals surface area contributed by atoms with Crippen molar-refractivity contribution in [2.45, 2.75) is 18.8 Å². The Kier molecular flexibility index (Phi) is 5.65. The van der Waals surface area contributed by atoms with Crippen molar-refractivity contribution in [2.24, 2.45) is 0 Å². The first kappa shape index (κ1) is 20.9. The lowest BCUT2D eigenvalue weighted by Crippen LogP contribution is -2.32. The van der Waals surface area contributed by atoms with Crippen molar-refractivity contribution in [3.05, 3.63) is 94.8 Å². The number of halogens is 3. The minimum atomic E-state index is -4.46. The summed E-state index contributed by atoms with van der Waals surface area (Å²) in [7, 11) is 0. The Labute approximate surface area is 176 Å². The molecule has 8 heteroatoms. The Hall–Kier alpha value is -3.39. The number of alkyl halides is 3. The van der Waals surface area contributed by atoms with Gasteiger partial charge in [-0.15, -0.1) is 0 Å². The number of rotatable bonds is 3. The Bertz CT molecular complexity index is 1070. The highest BCUT2D eigenvalue weighted by Crippen LogP contribution is 2.31. The van der Waals surface area contributed by atoms with Gasteiger partial charge in [-0.25, -0.2) is 0 Å². The van der Waals surface area contributed by atoms with Gasteiger partial charge in [0.1, 0.15) is 18.5 Å². The zero-order chi connectivity index (χ0) is 22.0. The molecule has 1 unspecified atom stereocenters. The number of ether oxygens (including phenoxy) is 1. The van der Waals surface area contributed by atoms with E-state index in [1.165, 1.54) is 17.0 Å². The van der Waals surface area contributed by atoms with Gasteiger partial charge >= 0.3 is 6.18 Å². The molecule has 1 amide bonds. The van der Waals surface area contributed by atoms with Crippen molar-refractivity contribution < 1.29 is 27.8 Å². The average molecular weight is 428 g/mol. The van der Waals surface area contributed by atoms with Crippen molar-refractivity contribution >= 4 is 5.91 Å². The summed E-state index contributed by atoms with van der Waals surface area (Å²) in [5, 5.41) is 10.6. The van der Waals surface area contributed by atoms with Crippen molar-refractivity contribution in [1.82, 2.24) is 9.88 Å². The van der Waals surface area contributed by atoms with Crippen molar-refractivity contribution in [2.75, 3.05) is 13.2 Å². The molecule has 1 aliphatic heterocycles. The second-order valence-corrected chi connectivity index (χ2v) is 7.17. The summed E-state index contributed by atoms with van der Waals surface area (Å²) in [5.74, 6) is 0.209. The summed E-state index contributed by atoms with van der Waals surface area (Å²) in [5.41, 5.74) is 1.16. The van der Waals surface area contributed by atoms with Crippen LogP contribution in [0.15, 0.2) is 66.9 Å². The van der Waals surface area contributed by atoms with Crippen molar-refractivity contribution in [1.29, 1.82) is 0 Å². The van der Waals surface area contributed by atoms with Gasteiger partial charge in [-0.3, -0.25) is 9.78 Å². The minimum absolute atomic E-state index is 0.168. The molecule has 5 nitrogen and oxygen atoms in total. The zero-order valence-corrected chi connectivity index (χ0v) is 16.3. The fourth-order valence-corrected chi connectivity index (χ4v) is 3.45. The first-order chi connectivity index (χ1) is 14.8. The summed E-state index contributed by atoms with van der Waals surface area (Å²) in [6.45, 7) is 0.742. The van der Waals surface area contributed by atoms with Crippen molar-refractivity contribution in [3.8, 4) is 5.75 Å². The number of carbonyl (C=O) groups excluding carboxylic acids is 1. The first-order valence-corrected chi connectivity index (χ1v) is 9.64. The number of carbonyl (C=O) groups is 1. The molecular weight excluding hydrogens is 409 g/mol. The largest absolute Gasteiger partial charge is 0.491 e. The van der Waals surface area contributed by atoms with E-state index in [2.05, 4.69) is 4.98 Å². The molecule has 0 aliphatic carbocycles. The number of fused-ring (bicyclic) bond motifs is 1. The summed E-state index contributed by atoms with van der Waals surface area (Å²) in [6, 6.07) is 14.6. The van der Waals surface area contributed by atoms with Gasteiger partial charge < -0.3 is 14.7 Å². The van der Waals surface area contributed by atoms with Crippen LogP contribution < -0.4 is 4.74 Å². The molecule has 0 saturated carbocycles. The van der Waals surface area contributed by atoms with E-state index in [1.54, 1.807) is 42.6 Å². The fourth-order valence-electron chi connectivity index (χ4n) is 3.45. The molecule has 0 spiro atoms. The third kappa shape index (κ3) is 4.54. The van der Waals surface area contributed by atoms with Gasteiger partial charge in [0.05, 0.1) is 17.8 Å². The second-order valence-electron chi connectivity index (χ2n) is 7.17. The summed E-state index contributed by atoms with van der Waals surface area (Å²) in [6.07, 6.45) is -3.80. The molecule has 0 saturated heterocycles. The van der Waals surface area contributed by atoms with Crippen LogP contribution >= 0.6 is 0 Å². The SMILES string of the molecule is O=C(c1ccc(C(F)(F)F)cc1)N1CCOc2ccc(C(O)c3ccccn3)cc2C1. The first-order valence-electron chi connectivity index (χ1n) is 9.64. The molecule has 3 aromatic rings. The molecule has 1 N–H and O–H groups in total. The van der Waals surface area contributed by atoms with E-state index in [0.717, 1.165) is 12.1 Å². The third-order valence-electron chi connectivity index (χ3n) is 5.09. The molecule has 2 heterocycles. The maximum absolute atomic E-state index is 12.9. The zero-order valence-electron chi connectivity index (χ0n) is 16.3. The topological polar surface area (TPSA) is 62.7 Å². The molecule has 1 aromatic heterocycles. The molecule has 2 aromatic carbocycles. The third-order valence-corrected chi connectivity index (χ3v) is 5.09. The number of pyridine rings is 1. The number of hydrogen-bond acceptors (Lipinski definition) is 4. The molecule has 4 rings (SSSR count). The number of benzene rings is 2. The van der Waals surface area contributed by atoms with E-state index in [4.69, 9.17) is 4.74 Å². The number of amides is 1.